The Morgan fingerprint density at radius 1 is 1.00 bits per heavy atom. The van der Waals surface area contributed by atoms with Crippen LogP contribution in [0.2, 0.25) is 0 Å². The van der Waals surface area contributed by atoms with Gasteiger partial charge in [0.05, 0.1) is 17.3 Å². The summed E-state index contributed by atoms with van der Waals surface area (Å²) in [5, 5.41) is 9.65. The Morgan fingerprint density at radius 2 is 1.77 bits per heavy atom. The summed E-state index contributed by atoms with van der Waals surface area (Å²) in [5.74, 6) is -1.90. The van der Waals surface area contributed by atoms with Crippen molar-refractivity contribution in [3.63, 3.8) is 0 Å². The Hall–Kier alpha value is -3.21. The Labute approximate surface area is 149 Å². The van der Waals surface area contributed by atoms with Crippen LogP contribution in [0.4, 0.5) is 14.5 Å². The number of phenolic OH excluding ortho intramolecular Hbond substituents is 1. The first-order valence-corrected chi connectivity index (χ1v) is 8.18. The lowest BCUT2D eigenvalue weighted by molar-refractivity contribution is 0.0973. The van der Waals surface area contributed by atoms with E-state index in [1.54, 1.807) is 25.1 Å². The highest BCUT2D eigenvalue weighted by Crippen LogP contribution is 2.45. The van der Waals surface area contributed by atoms with E-state index < -0.39 is 23.6 Å². The van der Waals surface area contributed by atoms with Crippen molar-refractivity contribution >= 4 is 11.6 Å². The number of carbonyl (C=O) groups is 1. The standard InChI is InChI=1S/C21H15F2NO2/c1-12-17-10-13(22)6-8-15(17)16-4-2-3-5-20(16)24(12)21(26)18-11-14(25)7-9-19(18)23/h2-12,25H,1H3/t12-/m1/s1. The van der Waals surface area contributed by atoms with Crippen LogP contribution in [0, 0.1) is 11.6 Å². The van der Waals surface area contributed by atoms with Crippen LogP contribution >= 0.6 is 0 Å². The SMILES string of the molecule is C[C@@H]1c2cc(F)ccc2-c2ccccc2N1C(=O)c1cc(O)ccc1F. The van der Waals surface area contributed by atoms with Gasteiger partial charge in [-0.3, -0.25) is 4.79 Å². The molecule has 1 aliphatic rings. The van der Waals surface area contributed by atoms with Gasteiger partial charge in [-0.05, 0) is 54.4 Å². The van der Waals surface area contributed by atoms with E-state index in [0.717, 1.165) is 23.3 Å². The zero-order valence-corrected chi connectivity index (χ0v) is 13.9. The molecule has 0 saturated carbocycles. The third-order valence-electron chi connectivity index (χ3n) is 4.70. The summed E-state index contributed by atoms with van der Waals surface area (Å²) in [6, 6.07) is 14.6. The Morgan fingerprint density at radius 3 is 2.58 bits per heavy atom. The Bertz CT molecular complexity index is 1030. The summed E-state index contributed by atoms with van der Waals surface area (Å²) in [4.78, 5) is 14.6. The summed E-state index contributed by atoms with van der Waals surface area (Å²) in [7, 11) is 0. The molecule has 0 bridgehead atoms. The van der Waals surface area contributed by atoms with E-state index in [9.17, 15) is 18.7 Å². The molecule has 1 atom stereocenters. The number of phenols is 1. The minimum atomic E-state index is -0.720. The molecule has 26 heavy (non-hydrogen) atoms. The summed E-state index contributed by atoms with van der Waals surface area (Å²) >= 11 is 0. The van der Waals surface area contributed by atoms with E-state index >= 15 is 0 Å². The third kappa shape index (κ3) is 2.44. The number of aromatic hydroxyl groups is 1. The number of para-hydroxylation sites is 1. The number of carbonyl (C=O) groups excluding carboxylic acids is 1. The van der Waals surface area contributed by atoms with Crippen LogP contribution < -0.4 is 4.90 Å². The molecule has 0 spiro atoms. The van der Waals surface area contributed by atoms with Crippen molar-refractivity contribution in [1.82, 2.24) is 0 Å². The molecule has 0 aromatic heterocycles. The highest BCUT2D eigenvalue weighted by atomic mass is 19.1. The third-order valence-corrected chi connectivity index (χ3v) is 4.70. The maximum atomic E-state index is 14.2. The molecule has 1 amide bonds. The average molecular weight is 351 g/mol. The number of fused-ring (bicyclic) bond motifs is 3. The number of nitrogens with zero attached hydrogens (tertiary/aromatic N) is 1. The first-order chi connectivity index (χ1) is 12.5. The molecule has 0 fully saturated rings. The fourth-order valence-corrected chi connectivity index (χ4v) is 3.48. The van der Waals surface area contributed by atoms with Crippen molar-refractivity contribution < 1.29 is 18.7 Å². The fraction of sp³-hybridized carbons (Fsp3) is 0.0952. The van der Waals surface area contributed by atoms with Crippen LogP contribution in [0.3, 0.4) is 0 Å². The predicted octanol–water partition coefficient (Wildman–Crippen LogP) is 5.06. The monoisotopic (exact) mass is 351 g/mol. The molecule has 0 saturated heterocycles. The summed E-state index contributed by atoms with van der Waals surface area (Å²) in [5.41, 5.74) is 2.65. The van der Waals surface area contributed by atoms with E-state index in [0.29, 0.717) is 11.3 Å². The smallest absolute Gasteiger partial charge is 0.261 e. The van der Waals surface area contributed by atoms with E-state index in [1.807, 2.05) is 12.1 Å². The van der Waals surface area contributed by atoms with Crippen LogP contribution in [0.5, 0.6) is 5.75 Å². The number of amides is 1. The molecule has 3 aromatic rings. The Kier molecular flexibility index (Phi) is 3.72. The first kappa shape index (κ1) is 16.3. The highest BCUT2D eigenvalue weighted by molar-refractivity contribution is 6.10. The molecule has 0 aliphatic carbocycles. The number of hydrogen-bond donors (Lipinski definition) is 1. The van der Waals surface area contributed by atoms with Gasteiger partial charge in [0.1, 0.15) is 17.4 Å². The van der Waals surface area contributed by atoms with Gasteiger partial charge < -0.3 is 10.0 Å². The zero-order valence-electron chi connectivity index (χ0n) is 13.9. The normalized spacial score (nSPS) is 15.3. The highest BCUT2D eigenvalue weighted by Gasteiger charge is 2.34. The quantitative estimate of drug-likeness (QED) is 0.666. The van der Waals surface area contributed by atoms with Crippen molar-refractivity contribution in [2.45, 2.75) is 13.0 Å². The topological polar surface area (TPSA) is 40.5 Å². The molecular formula is C21H15F2NO2. The maximum absolute atomic E-state index is 14.2. The van der Waals surface area contributed by atoms with Gasteiger partial charge in [0.2, 0.25) is 0 Å². The van der Waals surface area contributed by atoms with E-state index in [-0.39, 0.29) is 11.3 Å². The van der Waals surface area contributed by atoms with Crippen LogP contribution in [0.1, 0.15) is 28.9 Å². The van der Waals surface area contributed by atoms with Crippen molar-refractivity contribution in [3.8, 4) is 16.9 Å². The Balaban J connectivity index is 1.92. The minimum Gasteiger partial charge on any atom is -0.508 e. The van der Waals surface area contributed by atoms with Crippen LogP contribution in [0.15, 0.2) is 60.7 Å². The molecule has 1 heterocycles. The van der Waals surface area contributed by atoms with Crippen LogP contribution in [-0.2, 0) is 0 Å². The van der Waals surface area contributed by atoms with E-state index in [4.69, 9.17) is 0 Å². The van der Waals surface area contributed by atoms with Crippen LogP contribution in [0.25, 0.3) is 11.1 Å². The molecule has 3 aromatic carbocycles. The molecule has 1 N–H and O–H groups in total. The second-order valence-corrected chi connectivity index (χ2v) is 6.26. The van der Waals surface area contributed by atoms with Gasteiger partial charge in [0.25, 0.3) is 5.91 Å². The second kappa shape index (κ2) is 5.95. The summed E-state index contributed by atoms with van der Waals surface area (Å²) in [6.45, 7) is 1.77. The van der Waals surface area contributed by atoms with Gasteiger partial charge >= 0.3 is 0 Å². The molecule has 5 heteroatoms. The molecule has 3 nitrogen and oxygen atoms in total. The number of halogens is 2. The molecule has 1 aliphatic heterocycles. The minimum absolute atomic E-state index is 0.195. The van der Waals surface area contributed by atoms with Gasteiger partial charge in [-0.2, -0.15) is 0 Å². The van der Waals surface area contributed by atoms with Crippen molar-refractivity contribution in [3.05, 3.63) is 83.4 Å². The number of anilines is 1. The summed E-state index contributed by atoms with van der Waals surface area (Å²) in [6.07, 6.45) is 0. The van der Waals surface area contributed by atoms with E-state index in [1.165, 1.54) is 23.1 Å². The number of rotatable bonds is 1. The molecule has 0 radical (unpaired) electrons. The van der Waals surface area contributed by atoms with Crippen molar-refractivity contribution in [2.75, 3.05) is 4.90 Å². The second-order valence-electron chi connectivity index (χ2n) is 6.26. The molecule has 0 unspecified atom stereocenters. The van der Waals surface area contributed by atoms with Gasteiger partial charge in [-0.25, -0.2) is 8.78 Å². The maximum Gasteiger partial charge on any atom is 0.261 e. The van der Waals surface area contributed by atoms with Gasteiger partial charge in [-0.1, -0.05) is 24.3 Å². The van der Waals surface area contributed by atoms with E-state index in [2.05, 4.69) is 0 Å². The van der Waals surface area contributed by atoms with Gasteiger partial charge in [0.15, 0.2) is 0 Å². The average Bonchev–Trinajstić information content (AvgIpc) is 2.64. The van der Waals surface area contributed by atoms with Crippen molar-refractivity contribution in [2.24, 2.45) is 0 Å². The molecule has 130 valence electrons. The predicted molar refractivity (Wildman–Crippen MR) is 95.1 cm³/mol. The first-order valence-electron chi connectivity index (χ1n) is 8.18. The lowest BCUT2D eigenvalue weighted by Crippen LogP contribution is -2.36. The van der Waals surface area contributed by atoms with Crippen LogP contribution in [-0.4, -0.2) is 11.0 Å². The summed E-state index contributed by atoms with van der Waals surface area (Å²) < 4.78 is 28.0. The number of hydrogen-bond acceptors (Lipinski definition) is 2. The zero-order chi connectivity index (χ0) is 18.4. The lowest BCUT2D eigenvalue weighted by atomic mass is 9.88. The largest absolute Gasteiger partial charge is 0.508 e. The lowest BCUT2D eigenvalue weighted by Gasteiger charge is -2.37. The van der Waals surface area contributed by atoms with Crippen molar-refractivity contribution in [1.29, 1.82) is 0 Å². The fourth-order valence-electron chi connectivity index (χ4n) is 3.48. The molecule has 4 rings (SSSR count). The number of benzene rings is 3. The van der Waals surface area contributed by atoms with Gasteiger partial charge in [-0.15, -0.1) is 0 Å². The van der Waals surface area contributed by atoms with Gasteiger partial charge in [0, 0.05) is 5.56 Å². The molecular weight excluding hydrogens is 336 g/mol.